The van der Waals surface area contributed by atoms with Gasteiger partial charge in [-0.15, -0.1) is 10.2 Å². The first-order valence-corrected chi connectivity index (χ1v) is 5.25. The first kappa shape index (κ1) is 10.7. The smallest absolute Gasteiger partial charge is 0.235 e. The lowest BCUT2D eigenvalue weighted by molar-refractivity contribution is 0.475. The summed E-state index contributed by atoms with van der Waals surface area (Å²) in [6, 6.07) is 6.25. The van der Waals surface area contributed by atoms with Gasteiger partial charge < -0.3 is 9.73 Å². The Hall–Kier alpha value is -1.84. The minimum atomic E-state index is 0.559. The predicted molar refractivity (Wildman–Crippen MR) is 62.3 cm³/mol. The number of anilines is 1. The zero-order valence-electron chi connectivity index (χ0n) is 9.74. The first-order chi connectivity index (χ1) is 7.65. The quantitative estimate of drug-likeness (QED) is 0.858. The molecule has 0 amide bonds. The van der Waals surface area contributed by atoms with Gasteiger partial charge >= 0.3 is 0 Å². The van der Waals surface area contributed by atoms with E-state index >= 15 is 0 Å². The largest absolute Gasteiger partial charge is 0.424 e. The molecule has 1 aromatic heterocycles. The molecule has 0 fully saturated rings. The summed E-state index contributed by atoms with van der Waals surface area (Å²) in [4.78, 5) is 0. The lowest BCUT2D eigenvalue weighted by atomic mass is 10.1. The van der Waals surface area contributed by atoms with Gasteiger partial charge in [-0.25, -0.2) is 0 Å². The molecule has 0 spiro atoms. The Kier molecular flexibility index (Phi) is 2.90. The maximum absolute atomic E-state index is 5.27. The molecule has 0 aliphatic rings. The van der Waals surface area contributed by atoms with Crippen LogP contribution in [0, 0.1) is 20.8 Å². The van der Waals surface area contributed by atoms with Crippen LogP contribution in [0.15, 0.2) is 22.6 Å². The lowest BCUT2D eigenvalue weighted by Gasteiger charge is -2.06. The van der Waals surface area contributed by atoms with Gasteiger partial charge in [0.05, 0.1) is 6.54 Å². The molecule has 0 bridgehead atoms. The molecule has 0 atom stereocenters. The number of nitrogens with one attached hydrogen (secondary N) is 1. The molecule has 84 valence electrons. The van der Waals surface area contributed by atoms with Crippen LogP contribution in [0.2, 0.25) is 0 Å². The minimum Gasteiger partial charge on any atom is -0.424 e. The molecule has 0 saturated carbocycles. The second-order valence-electron chi connectivity index (χ2n) is 3.87. The van der Waals surface area contributed by atoms with Crippen molar-refractivity contribution < 1.29 is 4.42 Å². The summed E-state index contributed by atoms with van der Waals surface area (Å²) in [5.41, 5.74) is 3.63. The van der Waals surface area contributed by atoms with Crippen molar-refractivity contribution in [1.82, 2.24) is 10.2 Å². The highest BCUT2D eigenvalue weighted by atomic mass is 16.4. The monoisotopic (exact) mass is 217 g/mol. The first-order valence-electron chi connectivity index (χ1n) is 5.25. The Balaban J connectivity index is 2.02. The maximum Gasteiger partial charge on any atom is 0.235 e. The van der Waals surface area contributed by atoms with Gasteiger partial charge in [-0.1, -0.05) is 6.07 Å². The fourth-order valence-electron chi connectivity index (χ4n) is 1.44. The fraction of sp³-hybridized carbons (Fsp3) is 0.333. The molecule has 2 aromatic rings. The highest BCUT2D eigenvalue weighted by Crippen LogP contribution is 2.14. The number of benzene rings is 1. The third-order valence-electron chi connectivity index (χ3n) is 2.52. The second-order valence-corrected chi connectivity index (χ2v) is 3.87. The van der Waals surface area contributed by atoms with Gasteiger partial charge in [0.2, 0.25) is 11.8 Å². The Morgan fingerprint density at radius 2 is 1.94 bits per heavy atom. The molecule has 1 N–H and O–H groups in total. The molecule has 4 nitrogen and oxygen atoms in total. The molecule has 0 aliphatic heterocycles. The van der Waals surface area contributed by atoms with Crippen molar-refractivity contribution >= 4 is 5.69 Å². The molecular weight excluding hydrogens is 202 g/mol. The van der Waals surface area contributed by atoms with Gasteiger partial charge in [-0.2, -0.15) is 0 Å². The normalized spacial score (nSPS) is 10.4. The highest BCUT2D eigenvalue weighted by molar-refractivity contribution is 5.47. The van der Waals surface area contributed by atoms with Crippen molar-refractivity contribution in [3.8, 4) is 0 Å². The van der Waals surface area contributed by atoms with Crippen molar-refractivity contribution in [2.24, 2.45) is 0 Å². The number of rotatable bonds is 3. The van der Waals surface area contributed by atoms with E-state index in [4.69, 9.17) is 4.42 Å². The summed E-state index contributed by atoms with van der Waals surface area (Å²) in [7, 11) is 0. The summed E-state index contributed by atoms with van der Waals surface area (Å²) in [6.07, 6.45) is 0. The molecule has 4 heteroatoms. The van der Waals surface area contributed by atoms with Crippen LogP contribution >= 0.6 is 0 Å². The molecule has 1 heterocycles. The Morgan fingerprint density at radius 1 is 1.12 bits per heavy atom. The fourth-order valence-corrected chi connectivity index (χ4v) is 1.44. The second kappa shape index (κ2) is 4.35. The van der Waals surface area contributed by atoms with Crippen molar-refractivity contribution in [2.45, 2.75) is 27.3 Å². The molecule has 2 rings (SSSR count). The zero-order chi connectivity index (χ0) is 11.5. The van der Waals surface area contributed by atoms with Gasteiger partial charge in [0.25, 0.3) is 0 Å². The summed E-state index contributed by atoms with van der Waals surface area (Å²) in [5.74, 6) is 1.20. The Labute approximate surface area is 94.7 Å². The van der Waals surface area contributed by atoms with Gasteiger partial charge in [0, 0.05) is 12.6 Å². The van der Waals surface area contributed by atoms with Gasteiger partial charge in [0.1, 0.15) is 0 Å². The molecule has 1 aromatic carbocycles. The molecule has 16 heavy (non-hydrogen) atoms. The third kappa shape index (κ3) is 2.39. The van der Waals surface area contributed by atoms with E-state index in [0.717, 1.165) is 5.69 Å². The van der Waals surface area contributed by atoms with Gasteiger partial charge in [-0.3, -0.25) is 0 Å². The topological polar surface area (TPSA) is 51.0 Å². The predicted octanol–water partition coefficient (Wildman–Crippen LogP) is 2.61. The minimum absolute atomic E-state index is 0.559. The average Bonchev–Trinajstić information content (AvgIpc) is 2.66. The van der Waals surface area contributed by atoms with E-state index in [-0.39, 0.29) is 0 Å². The molecular formula is C12H15N3O. The van der Waals surface area contributed by atoms with Crippen molar-refractivity contribution in [2.75, 3.05) is 5.32 Å². The van der Waals surface area contributed by atoms with E-state index < -0.39 is 0 Å². The SMILES string of the molecule is Cc1nnc(CNc2ccc(C)c(C)c2)o1. The number of aromatic nitrogens is 2. The molecule has 0 aliphatic carbocycles. The summed E-state index contributed by atoms with van der Waals surface area (Å²) in [5, 5.41) is 10.9. The van der Waals surface area contributed by atoms with E-state index in [9.17, 15) is 0 Å². The number of aryl methyl sites for hydroxylation is 3. The van der Waals surface area contributed by atoms with Crippen LogP contribution in [-0.2, 0) is 6.54 Å². The number of hydrogen-bond donors (Lipinski definition) is 1. The van der Waals surface area contributed by atoms with Gasteiger partial charge in [0.15, 0.2) is 0 Å². The van der Waals surface area contributed by atoms with Crippen LogP contribution in [0.1, 0.15) is 22.9 Å². The third-order valence-corrected chi connectivity index (χ3v) is 2.52. The molecule has 0 radical (unpaired) electrons. The van der Waals surface area contributed by atoms with E-state index in [1.54, 1.807) is 6.92 Å². The summed E-state index contributed by atoms with van der Waals surface area (Å²) >= 11 is 0. The molecule has 0 unspecified atom stereocenters. The van der Waals surface area contributed by atoms with E-state index in [0.29, 0.717) is 18.3 Å². The van der Waals surface area contributed by atoms with Crippen LogP contribution in [0.25, 0.3) is 0 Å². The summed E-state index contributed by atoms with van der Waals surface area (Å²) in [6.45, 7) is 6.54. The maximum atomic E-state index is 5.27. The van der Waals surface area contributed by atoms with E-state index in [1.165, 1.54) is 11.1 Å². The van der Waals surface area contributed by atoms with Crippen molar-refractivity contribution in [3.05, 3.63) is 41.1 Å². The standard InChI is InChI=1S/C12H15N3O/c1-8-4-5-11(6-9(8)2)13-7-12-15-14-10(3)16-12/h4-6,13H,7H2,1-3H3. The van der Waals surface area contributed by atoms with Crippen molar-refractivity contribution in [1.29, 1.82) is 0 Å². The van der Waals surface area contributed by atoms with Crippen LogP contribution < -0.4 is 5.32 Å². The van der Waals surface area contributed by atoms with Crippen LogP contribution in [-0.4, -0.2) is 10.2 Å². The highest BCUT2D eigenvalue weighted by Gasteiger charge is 2.02. The van der Waals surface area contributed by atoms with Crippen LogP contribution in [0.5, 0.6) is 0 Å². The number of hydrogen-bond acceptors (Lipinski definition) is 4. The van der Waals surface area contributed by atoms with E-state index in [2.05, 4.69) is 41.5 Å². The van der Waals surface area contributed by atoms with Crippen LogP contribution in [0.3, 0.4) is 0 Å². The number of nitrogens with zero attached hydrogens (tertiary/aromatic N) is 2. The Bertz CT molecular complexity index is 491. The average molecular weight is 217 g/mol. The Morgan fingerprint density at radius 3 is 2.56 bits per heavy atom. The summed E-state index contributed by atoms with van der Waals surface area (Å²) < 4.78 is 5.27. The van der Waals surface area contributed by atoms with Crippen LogP contribution in [0.4, 0.5) is 5.69 Å². The molecule has 0 saturated heterocycles. The zero-order valence-corrected chi connectivity index (χ0v) is 9.74. The lowest BCUT2D eigenvalue weighted by Crippen LogP contribution is -2.00. The van der Waals surface area contributed by atoms with E-state index in [1.807, 2.05) is 6.07 Å². The van der Waals surface area contributed by atoms with Crippen molar-refractivity contribution in [3.63, 3.8) is 0 Å². The van der Waals surface area contributed by atoms with Gasteiger partial charge in [-0.05, 0) is 37.1 Å².